The van der Waals surface area contributed by atoms with Gasteiger partial charge < -0.3 is 10.6 Å². The van der Waals surface area contributed by atoms with Crippen LogP contribution < -0.4 is 10.6 Å². The Morgan fingerprint density at radius 2 is 1.70 bits per heavy atom. The van der Waals surface area contributed by atoms with E-state index in [0.29, 0.717) is 13.1 Å². The molecule has 0 saturated carbocycles. The summed E-state index contributed by atoms with van der Waals surface area (Å²) < 4.78 is 25.8. The number of nitrogens with zero attached hydrogens (tertiary/aromatic N) is 2. The topological polar surface area (TPSA) is 73.8 Å². The fraction of sp³-hybridized carbons (Fsp3) is 0.682. The summed E-state index contributed by atoms with van der Waals surface area (Å²) in [6.45, 7) is 10.9. The molecule has 0 aliphatic carbocycles. The van der Waals surface area contributed by atoms with Crippen molar-refractivity contribution in [3.63, 3.8) is 0 Å². The maximum atomic E-state index is 12.1. The van der Waals surface area contributed by atoms with Gasteiger partial charge in [0.1, 0.15) is 0 Å². The third-order valence-electron chi connectivity index (χ3n) is 6.18. The molecule has 0 unspecified atom stereocenters. The molecule has 0 amide bonds. The number of hydrogen-bond acceptors (Lipinski definition) is 3. The van der Waals surface area contributed by atoms with E-state index in [9.17, 15) is 8.42 Å². The van der Waals surface area contributed by atoms with Crippen molar-refractivity contribution in [1.82, 2.24) is 14.9 Å². The molecule has 0 radical (unpaired) electrons. The van der Waals surface area contributed by atoms with Crippen LogP contribution in [0.4, 0.5) is 0 Å². The van der Waals surface area contributed by atoms with Crippen molar-refractivity contribution in [1.29, 1.82) is 0 Å². The molecule has 1 fully saturated rings. The number of sulfonamides is 1. The first-order valence-electron chi connectivity index (χ1n) is 11.0. The Kier molecular flexibility index (Phi) is 11.6. The summed E-state index contributed by atoms with van der Waals surface area (Å²) in [7, 11) is -3.09. The smallest absolute Gasteiger partial charge is 0.213 e. The SMILES string of the molecule is CCNC(=NCC(CC)(CC)c1ccccc1)NC1CCN(S(=O)(=O)CC)CC1.I. The van der Waals surface area contributed by atoms with E-state index in [4.69, 9.17) is 4.99 Å². The molecule has 6 nitrogen and oxygen atoms in total. The van der Waals surface area contributed by atoms with Crippen LogP contribution in [0.3, 0.4) is 0 Å². The summed E-state index contributed by atoms with van der Waals surface area (Å²) >= 11 is 0. The standard InChI is InChI=1S/C22H38N4O2S.HI/c1-5-22(6-2,19-12-10-9-11-13-19)18-24-21(23-7-3)25-20-14-16-26(17-15-20)29(27,28)8-4;/h9-13,20H,5-8,14-18H2,1-4H3,(H2,23,24,25);1H. The van der Waals surface area contributed by atoms with Crippen molar-refractivity contribution in [3.8, 4) is 0 Å². The molecule has 0 spiro atoms. The quantitative estimate of drug-likeness (QED) is 0.279. The van der Waals surface area contributed by atoms with E-state index in [1.807, 2.05) is 0 Å². The maximum Gasteiger partial charge on any atom is 0.213 e. The number of aliphatic imine (C=N–C) groups is 1. The summed E-state index contributed by atoms with van der Waals surface area (Å²) in [5.41, 5.74) is 1.37. The Morgan fingerprint density at radius 3 is 2.20 bits per heavy atom. The predicted molar refractivity (Wildman–Crippen MR) is 137 cm³/mol. The largest absolute Gasteiger partial charge is 0.357 e. The Balaban J connectivity index is 0.00000450. The molecule has 0 aromatic heterocycles. The Labute approximate surface area is 200 Å². The summed E-state index contributed by atoms with van der Waals surface area (Å²) in [5, 5.41) is 6.90. The van der Waals surface area contributed by atoms with Crippen LogP contribution in [-0.2, 0) is 15.4 Å². The van der Waals surface area contributed by atoms with Gasteiger partial charge in [0.05, 0.1) is 12.3 Å². The van der Waals surface area contributed by atoms with E-state index in [2.05, 4.69) is 61.7 Å². The summed E-state index contributed by atoms with van der Waals surface area (Å²) in [4.78, 5) is 4.94. The highest BCUT2D eigenvalue weighted by Crippen LogP contribution is 2.32. The number of nitrogens with one attached hydrogen (secondary N) is 2. The molecular weight excluding hydrogens is 511 g/mol. The van der Waals surface area contributed by atoms with Crippen LogP contribution in [0.2, 0.25) is 0 Å². The number of halogens is 1. The van der Waals surface area contributed by atoms with Crippen LogP contribution in [0.5, 0.6) is 0 Å². The van der Waals surface area contributed by atoms with E-state index < -0.39 is 10.0 Å². The number of hydrogen-bond donors (Lipinski definition) is 2. The van der Waals surface area contributed by atoms with Crippen LogP contribution in [0.15, 0.2) is 35.3 Å². The van der Waals surface area contributed by atoms with Crippen molar-refractivity contribution >= 4 is 40.0 Å². The molecule has 30 heavy (non-hydrogen) atoms. The van der Waals surface area contributed by atoms with Crippen LogP contribution in [0.1, 0.15) is 58.9 Å². The highest BCUT2D eigenvalue weighted by molar-refractivity contribution is 14.0. The number of piperidine rings is 1. The fourth-order valence-electron chi connectivity index (χ4n) is 3.97. The first-order valence-corrected chi connectivity index (χ1v) is 12.6. The average Bonchev–Trinajstić information content (AvgIpc) is 2.76. The van der Waals surface area contributed by atoms with Gasteiger partial charge in [-0.1, -0.05) is 44.2 Å². The van der Waals surface area contributed by atoms with E-state index in [0.717, 1.165) is 44.7 Å². The molecule has 1 heterocycles. The first-order chi connectivity index (χ1) is 13.9. The Morgan fingerprint density at radius 1 is 1.10 bits per heavy atom. The van der Waals surface area contributed by atoms with E-state index >= 15 is 0 Å². The number of rotatable bonds is 9. The lowest BCUT2D eigenvalue weighted by Gasteiger charge is -2.33. The van der Waals surface area contributed by atoms with Crippen LogP contribution in [0, 0.1) is 0 Å². The van der Waals surface area contributed by atoms with E-state index in [-0.39, 0.29) is 41.2 Å². The lowest BCUT2D eigenvalue weighted by molar-refractivity contribution is 0.306. The van der Waals surface area contributed by atoms with Gasteiger partial charge in [0.25, 0.3) is 0 Å². The normalized spacial score (nSPS) is 16.7. The molecule has 1 aliphatic heterocycles. The minimum atomic E-state index is -3.09. The lowest BCUT2D eigenvalue weighted by Crippen LogP contribution is -2.50. The maximum absolute atomic E-state index is 12.1. The van der Waals surface area contributed by atoms with Gasteiger partial charge in [-0.05, 0) is 45.1 Å². The molecular formula is C22H39IN4O2S. The monoisotopic (exact) mass is 550 g/mol. The molecule has 0 bridgehead atoms. The van der Waals surface area contributed by atoms with Crippen LogP contribution in [-0.4, -0.2) is 56.7 Å². The number of benzene rings is 1. The minimum absolute atomic E-state index is 0. The zero-order chi connectivity index (χ0) is 21.3. The lowest BCUT2D eigenvalue weighted by atomic mass is 9.76. The first kappa shape index (κ1) is 27.2. The molecule has 1 saturated heterocycles. The van der Waals surface area contributed by atoms with Crippen LogP contribution >= 0.6 is 24.0 Å². The van der Waals surface area contributed by atoms with Gasteiger partial charge in [-0.15, -0.1) is 24.0 Å². The van der Waals surface area contributed by atoms with Crippen LogP contribution in [0.25, 0.3) is 0 Å². The second kappa shape index (κ2) is 12.9. The third-order valence-corrected chi connectivity index (χ3v) is 8.06. The third kappa shape index (κ3) is 7.09. The second-order valence-corrected chi connectivity index (χ2v) is 10.0. The zero-order valence-corrected chi connectivity index (χ0v) is 22.0. The van der Waals surface area contributed by atoms with Gasteiger partial charge in [-0.2, -0.15) is 0 Å². The molecule has 1 aromatic rings. The van der Waals surface area contributed by atoms with E-state index in [1.165, 1.54) is 5.56 Å². The zero-order valence-electron chi connectivity index (χ0n) is 18.9. The van der Waals surface area contributed by atoms with Gasteiger partial charge in [0, 0.05) is 31.1 Å². The average molecular weight is 551 g/mol. The molecule has 2 rings (SSSR count). The predicted octanol–water partition coefficient (Wildman–Crippen LogP) is 3.73. The number of guanidine groups is 1. The Bertz CT molecular complexity index is 744. The van der Waals surface area contributed by atoms with Crippen molar-refractivity contribution in [2.75, 3.05) is 31.9 Å². The van der Waals surface area contributed by atoms with Gasteiger partial charge in [0.15, 0.2) is 5.96 Å². The Hall–Kier alpha value is -0.870. The molecule has 1 aromatic carbocycles. The van der Waals surface area contributed by atoms with Crippen molar-refractivity contribution in [2.24, 2.45) is 4.99 Å². The molecule has 2 N–H and O–H groups in total. The fourth-order valence-corrected chi connectivity index (χ4v) is 5.10. The molecule has 0 atom stereocenters. The van der Waals surface area contributed by atoms with Crippen molar-refractivity contribution in [2.45, 2.75) is 64.8 Å². The minimum Gasteiger partial charge on any atom is -0.357 e. The van der Waals surface area contributed by atoms with Gasteiger partial charge >= 0.3 is 0 Å². The molecule has 172 valence electrons. The molecule has 1 aliphatic rings. The second-order valence-electron chi connectivity index (χ2n) is 7.77. The highest BCUT2D eigenvalue weighted by Gasteiger charge is 2.29. The van der Waals surface area contributed by atoms with Gasteiger partial charge in [-0.3, -0.25) is 4.99 Å². The molecule has 8 heteroatoms. The summed E-state index contributed by atoms with van der Waals surface area (Å²) in [5.74, 6) is 0.997. The summed E-state index contributed by atoms with van der Waals surface area (Å²) in [6, 6.07) is 10.9. The van der Waals surface area contributed by atoms with Crippen molar-refractivity contribution < 1.29 is 8.42 Å². The van der Waals surface area contributed by atoms with E-state index in [1.54, 1.807) is 11.2 Å². The highest BCUT2D eigenvalue weighted by atomic mass is 127. The summed E-state index contributed by atoms with van der Waals surface area (Å²) in [6.07, 6.45) is 3.66. The van der Waals surface area contributed by atoms with Gasteiger partial charge in [-0.25, -0.2) is 12.7 Å². The van der Waals surface area contributed by atoms with Crippen molar-refractivity contribution in [3.05, 3.63) is 35.9 Å². The van der Waals surface area contributed by atoms with Gasteiger partial charge in [0.2, 0.25) is 10.0 Å².